The first-order valence-corrected chi connectivity index (χ1v) is 12.8. The number of dihydropyridines is 1. The lowest BCUT2D eigenvalue weighted by molar-refractivity contribution is -0.118. The van der Waals surface area contributed by atoms with E-state index in [1.807, 2.05) is 4.72 Å². The molecule has 0 fully saturated rings. The number of nitrogens with zero attached hydrogens (tertiary/aromatic N) is 1. The van der Waals surface area contributed by atoms with Crippen LogP contribution in [0.3, 0.4) is 0 Å². The number of sulfonamides is 2. The van der Waals surface area contributed by atoms with Crippen molar-refractivity contribution in [2.24, 2.45) is 4.99 Å². The van der Waals surface area contributed by atoms with Gasteiger partial charge >= 0.3 is 6.18 Å². The highest BCUT2D eigenvalue weighted by Crippen LogP contribution is 2.34. The standard InChI is InChI=1S/C18H19F5N4O5S2/c1-10(16(28)24-8-11-4-5-13(12(19)6-11)26-33(2,29)30)17(20)9-25-15(18(21,22)23)7-14(17)27-34(3,31)32/h4-7,26-27H,1,8-9H2,2-3H3,(H,24,28). The molecule has 0 bridgehead atoms. The van der Waals surface area contributed by atoms with E-state index in [1.165, 1.54) is 6.07 Å². The number of alkyl halides is 4. The maximum Gasteiger partial charge on any atom is 0.432 e. The summed E-state index contributed by atoms with van der Waals surface area (Å²) >= 11 is 0. The number of halogens is 5. The molecule has 0 spiro atoms. The van der Waals surface area contributed by atoms with Gasteiger partial charge in [-0.3, -0.25) is 19.2 Å². The van der Waals surface area contributed by atoms with Crippen LogP contribution in [0.2, 0.25) is 0 Å². The van der Waals surface area contributed by atoms with Crippen molar-refractivity contribution in [3.05, 3.63) is 53.5 Å². The molecule has 1 aromatic rings. The van der Waals surface area contributed by atoms with E-state index in [4.69, 9.17) is 0 Å². The van der Waals surface area contributed by atoms with Crippen LogP contribution < -0.4 is 14.8 Å². The molecule has 1 unspecified atom stereocenters. The highest BCUT2D eigenvalue weighted by Gasteiger charge is 2.47. The van der Waals surface area contributed by atoms with Gasteiger partial charge in [-0.1, -0.05) is 12.6 Å². The number of amides is 1. The SMILES string of the molecule is C=C(C(=O)NCc1ccc(NS(C)(=O)=O)c(F)c1)C1(F)CN=C(C(F)(F)F)C=C1NS(C)(=O)=O. The number of aliphatic imine (C=N–C) groups is 1. The van der Waals surface area contributed by atoms with Crippen LogP contribution in [-0.4, -0.2) is 59.4 Å². The molecule has 3 N–H and O–H groups in total. The Labute approximate surface area is 191 Å². The second-order valence-electron chi connectivity index (χ2n) is 7.28. The predicted molar refractivity (Wildman–Crippen MR) is 114 cm³/mol. The van der Waals surface area contributed by atoms with Gasteiger partial charge in [0.15, 0.2) is 5.67 Å². The van der Waals surface area contributed by atoms with Gasteiger partial charge in [-0.25, -0.2) is 25.6 Å². The van der Waals surface area contributed by atoms with E-state index >= 15 is 4.39 Å². The zero-order valence-electron chi connectivity index (χ0n) is 17.6. The van der Waals surface area contributed by atoms with E-state index in [1.54, 1.807) is 4.72 Å². The number of rotatable bonds is 8. The average Bonchev–Trinajstić information content (AvgIpc) is 2.66. The normalized spacial score (nSPS) is 19.0. The Hall–Kier alpha value is -3.01. The van der Waals surface area contributed by atoms with Gasteiger partial charge in [0.25, 0.3) is 5.91 Å². The minimum absolute atomic E-state index is 0.122. The van der Waals surface area contributed by atoms with E-state index in [2.05, 4.69) is 16.9 Å². The molecule has 34 heavy (non-hydrogen) atoms. The molecule has 1 aromatic carbocycles. The van der Waals surface area contributed by atoms with Gasteiger partial charge in [0, 0.05) is 6.54 Å². The van der Waals surface area contributed by atoms with Crippen molar-refractivity contribution >= 4 is 37.4 Å². The van der Waals surface area contributed by atoms with Crippen LogP contribution in [-0.2, 0) is 31.4 Å². The van der Waals surface area contributed by atoms with Gasteiger partial charge in [0.05, 0.1) is 36.0 Å². The van der Waals surface area contributed by atoms with Crippen molar-refractivity contribution in [1.82, 2.24) is 10.0 Å². The highest BCUT2D eigenvalue weighted by atomic mass is 32.2. The van der Waals surface area contributed by atoms with Gasteiger partial charge in [0.1, 0.15) is 11.5 Å². The van der Waals surface area contributed by atoms with Crippen molar-refractivity contribution in [2.45, 2.75) is 18.4 Å². The van der Waals surface area contributed by atoms with Crippen LogP contribution in [0.15, 0.2) is 47.1 Å². The summed E-state index contributed by atoms with van der Waals surface area (Å²) in [7, 11) is -7.99. The molecule has 2 rings (SSSR count). The number of carbonyl (C=O) groups is 1. The molecule has 1 aliphatic heterocycles. The molecule has 9 nitrogen and oxygen atoms in total. The summed E-state index contributed by atoms with van der Waals surface area (Å²) < 4.78 is 118. The molecule has 1 amide bonds. The summed E-state index contributed by atoms with van der Waals surface area (Å²) in [4.78, 5) is 15.5. The number of hydrogen-bond acceptors (Lipinski definition) is 6. The quantitative estimate of drug-likeness (QED) is 0.346. The fourth-order valence-electron chi connectivity index (χ4n) is 2.74. The number of allylic oxidation sites excluding steroid dienone is 1. The summed E-state index contributed by atoms with van der Waals surface area (Å²) in [6.07, 6.45) is -3.48. The summed E-state index contributed by atoms with van der Waals surface area (Å²) in [6, 6.07) is 3.22. The lowest BCUT2D eigenvalue weighted by atomic mass is 9.89. The fourth-order valence-corrected chi connectivity index (χ4v) is 3.92. The lowest BCUT2D eigenvalue weighted by Crippen LogP contribution is -2.48. The summed E-state index contributed by atoms with van der Waals surface area (Å²) in [6.45, 7) is 1.56. The molecule has 1 aliphatic rings. The maximum absolute atomic E-state index is 15.6. The molecule has 16 heteroatoms. The Morgan fingerprint density at radius 1 is 1.15 bits per heavy atom. The smallest absolute Gasteiger partial charge is 0.348 e. The maximum atomic E-state index is 15.6. The zero-order valence-corrected chi connectivity index (χ0v) is 19.3. The van der Waals surface area contributed by atoms with Crippen LogP contribution in [0.5, 0.6) is 0 Å². The second kappa shape index (κ2) is 9.32. The third-order valence-corrected chi connectivity index (χ3v) is 5.48. The van der Waals surface area contributed by atoms with Gasteiger partial charge < -0.3 is 5.32 Å². The summed E-state index contributed by atoms with van der Waals surface area (Å²) in [5.41, 5.74) is -6.95. The molecule has 0 aliphatic carbocycles. The van der Waals surface area contributed by atoms with E-state index < -0.39 is 73.7 Å². The van der Waals surface area contributed by atoms with Gasteiger partial charge in [0.2, 0.25) is 20.0 Å². The molecule has 0 saturated carbocycles. The number of benzene rings is 1. The van der Waals surface area contributed by atoms with Gasteiger partial charge in [-0.05, 0) is 23.8 Å². The average molecular weight is 530 g/mol. The van der Waals surface area contributed by atoms with Crippen LogP contribution >= 0.6 is 0 Å². The van der Waals surface area contributed by atoms with Crippen LogP contribution in [0.1, 0.15) is 5.56 Å². The predicted octanol–water partition coefficient (Wildman–Crippen LogP) is 1.53. The largest absolute Gasteiger partial charge is 0.432 e. The van der Waals surface area contributed by atoms with Crippen LogP contribution in [0, 0.1) is 5.82 Å². The molecule has 0 radical (unpaired) electrons. The topological polar surface area (TPSA) is 134 Å². The first-order chi connectivity index (χ1) is 15.3. The van der Waals surface area contributed by atoms with E-state index in [9.17, 15) is 39.2 Å². The second-order valence-corrected chi connectivity index (χ2v) is 10.8. The van der Waals surface area contributed by atoms with Crippen molar-refractivity contribution < 1.29 is 43.6 Å². The summed E-state index contributed by atoms with van der Waals surface area (Å²) in [5, 5.41) is 2.18. The van der Waals surface area contributed by atoms with Crippen molar-refractivity contribution in [1.29, 1.82) is 0 Å². The Kier molecular flexibility index (Phi) is 7.47. The number of hydrogen-bond donors (Lipinski definition) is 3. The minimum atomic E-state index is -5.00. The van der Waals surface area contributed by atoms with Crippen LogP contribution in [0.25, 0.3) is 0 Å². The molecular formula is C18H19F5N4O5S2. The van der Waals surface area contributed by atoms with E-state index in [0.717, 1.165) is 18.4 Å². The Bertz CT molecular complexity index is 1290. The van der Waals surface area contributed by atoms with Crippen molar-refractivity contribution in [3.63, 3.8) is 0 Å². The van der Waals surface area contributed by atoms with Crippen molar-refractivity contribution in [3.8, 4) is 0 Å². The van der Waals surface area contributed by atoms with Gasteiger partial charge in [-0.2, -0.15) is 13.2 Å². The van der Waals surface area contributed by atoms with Crippen LogP contribution in [0.4, 0.5) is 27.6 Å². The number of nitrogens with one attached hydrogen (secondary N) is 3. The number of carbonyl (C=O) groups excluding carboxylic acids is 1. The molecular weight excluding hydrogens is 511 g/mol. The third-order valence-electron chi connectivity index (χ3n) is 4.30. The third kappa shape index (κ3) is 6.99. The molecule has 1 atom stereocenters. The summed E-state index contributed by atoms with van der Waals surface area (Å²) in [5.74, 6) is -2.19. The van der Waals surface area contributed by atoms with E-state index in [-0.39, 0.29) is 17.3 Å². The minimum Gasteiger partial charge on any atom is -0.348 e. The number of anilines is 1. The molecule has 188 valence electrons. The van der Waals surface area contributed by atoms with E-state index in [0.29, 0.717) is 6.26 Å². The molecule has 1 heterocycles. The Morgan fingerprint density at radius 3 is 2.24 bits per heavy atom. The van der Waals surface area contributed by atoms with Crippen molar-refractivity contribution in [2.75, 3.05) is 23.8 Å². The molecule has 0 aromatic heterocycles. The zero-order chi connectivity index (χ0) is 26.1. The Morgan fingerprint density at radius 2 is 1.74 bits per heavy atom. The fraction of sp³-hybridized carbons (Fsp3) is 0.333. The first-order valence-electron chi connectivity index (χ1n) is 9.06. The molecule has 0 saturated heterocycles. The lowest BCUT2D eigenvalue weighted by Gasteiger charge is -2.31. The van der Waals surface area contributed by atoms with Gasteiger partial charge in [-0.15, -0.1) is 0 Å². The monoisotopic (exact) mass is 530 g/mol. The Balaban J connectivity index is 2.22. The first kappa shape index (κ1) is 27.2. The highest BCUT2D eigenvalue weighted by molar-refractivity contribution is 7.92.